The van der Waals surface area contributed by atoms with Gasteiger partial charge in [-0.05, 0) is 17.6 Å². The van der Waals surface area contributed by atoms with E-state index in [0.29, 0.717) is 5.41 Å². The summed E-state index contributed by atoms with van der Waals surface area (Å²) in [5.41, 5.74) is 6.73. The molecule has 0 saturated carbocycles. The third kappa shape index (κ3) is 2.55. The quantitative estimate of drug-likeness (QED) is 0.791. The molecule has 0 spiro atoms. The molecule has 0 aromatic rings. The van der Waals surface area contributed by atoms with E-state index in [1.165, 1.54) is 17.9 Å². The molecular formula is C12H24N2OS. The summed E-state index contributed by atoms with van der Waals surface area (Å²) < 4.78 is 5.44. The van der Waals surface area contributed by atoms with Crippen LogP contribution in [0.4, 0.5) is 0 Å². The first-order chi connectivity index (χ1) is 7.58. The van der Waals surface area contributed by atoms with Crippen molar-refractivity contribution in [3.63, 3.8) is 0 Å². The second-order valence-electron chi connectivity index (χ2n) is 5.86. The van der Waals surface area contributed by atoms with Crippen LogP contribution in [-0.4, -0.2) is 54.8 Å². The maximum Gasteiger partial charge on any atom is 0.0594 e. The number of hydrogen-bond donors (Lipinski definition) is 1. The molecule has 0 radical (unpaired) electrons. The highest BCUT2D eigenvalue weighted by molar-refractivity contribution is 7.99. The van der Waals surface area contributed by atoms with Crippen LogP contribution in [0.15, 0.2) is 0 Å². The predicted octanol–water partition coefficient (Wildman–Crippen LogP) is 1.18. The topological polar surface area (TPSA) is 38.5 Å². The molecule has 94 valence electrons. The summed E-state index contributed by atoms with van der Waals surface area (Å²) in [5, 5.41) is 0. The molecule has 0 bridgehead atoms. The zero-order valence-corrected chi connectivity index (χ0v) is 11.3. The first-order valence-electron chi connectivity index (χ1n) is 6.19. The number of morpholine rings is 1. The van der Waals surface area contributed by atoms with Gasteiger partial charge in [0, 0.05) is 30.9 Å². The fraction of sp³-hybridized carbons (Fsp3) is 1.00. The van der Waals surface area contributed by atoms with Crippen LogP contribution in [0.5, 0.6) is 0 Å². The summed E-state index contributed by atoms with van der Waals surface area (Å²) in [6.07, 6.45) is 1.23. The van der Waals surface area contributed by atoms with Crippen LogP contribution in [0.3, 0.4) is 0 Å². The van der Waals surface area contributed by atoms with Crippen LogP contribution in [0, 0.1) is 5.41 Å². The molecule has 16 heavy (non-hydrogen) atoms. The monoisotopic (exact) mass is 244 g/mol. The van der Waals surface area contributed by atoms with Crippen molar-refractivity contribution in [3.8, 4) is 0 Å². The molecule has 2 fully saturated rings. The van der Waals surface area contributed by atoms with Crippen molar-refractivity contribution in [2.75, 3.05) is 44.4 Å². The lowest BCUT2D eigenvalue weighted by atomic mass is 9.78. The number of thioether (sulfide) groups is 1. The van der Waals surface area contributed by atoms with E-state index < -0.39 is 0 Å². The maximum absolute atomic E-state index is 6.09. The summed E-state index contributed by atoms with van der Waals surface area (Å²) in [6, 6.07) is 0. The van der Waals surface area contributed by atoms with Gasteiger partial charge in [0.1, 0.15) is 0 Å². The molecule has 2 aliphatic rings. The van der Waals surface area contributed by atoms with Gasteiger partial charge in [0.2, 0.25) is 0 Å². The highest BCUT2D eigenvalue weighted by Gasteiger charge is 2.43. The van der Waals surface area contributed by atoms with Crippen molar-refractivity contribution in [3.05, 3.63) is 0 Å². The zero-order chi connectivity index (χ0) is 11.6. The molecule has 4 heteroatoms. The molecular weight excluding hydrogens is 220 g/mol. The molecule has 2 heterocycles. The highest BCUT2D eigenvalue weighted by Crippen LogP contribution is 2.41. The first-order valence-corrected chi connectivity index (χ1v) is 7.34. The van der Waals surface area contributed by atoms with E-state index in [-0.39, 0.29) is 5.54 Å². The summed E-state index contributed by atoms with van der Waals surface area (Å²) in [4.78, 5) is 2.57. The standard InChI is InChI=1S/C12H24N2OS/c1-11(2)7-12(8-13,10-16-9-11)14-3-5-15-6-4-14/h3-10,13H2,1-2H3. The number of nitrogens with zero attached hydrogens (tertiary/aromatic N) is 1. The van der Waals surface area contributed by atoms with Crippen LogP contribution in [0.25, 0.3) is 0 Å². The van der Waals surface area contributed by atoms with Crippen molar-refractivity contribution < 1.29 is 4.74 Å². The van der Waals surface area contributed by atoms with E-state index in [2.05, 4.69) is 30.5 Å². The number of nitrogens with two attached hydrogens (primary N) is 1. The van der Waals surface area contributed by atoms with Crippen molar-refractivity contribution in [2.24, 2.45) is 11.1 Å². The Kier molecular flexibility index (Phi) is 3.84. The predicted molar refractivity (Wildman–Crippen MR) is 69.9 cm³/mol. The average Bonchev–Trinajstić information content (AvgIpc) is 2.29. The minimum Gasteiger partial charge on any atom is -0.379 e. The molecule has 2 saturated heterocycles. The fourth-order valence-electron chi connectivity index (χ4n) is 3.01. The molecule has 0 aliphatic carbocycles. The fourth-order valence-corrected chi connectivity index (χ4v) is 4.55. The Morgan fingerprint density at radius 1 is 1.25 bits per heavy atom. The Hall–Kier alpha value is 0.230. The van der Waals surface area contributed by atoms with E-state index in [4.69, 9.17) is 10.5 Å². The molecule has 2 rings (SSSR count). The van der Waals surface area contributed by atoms with E-state index in [9.17, 15) is 0 Å². The van der Waals surface area contributed by atoms with Crippen molar-refractivity contribution >= 4 is 11.8 Å². The molecule has 3 nitrogen and oxygen atoms in total. The SMILES string of the molecule is CC1(C)CSCC(CN)(N2CCOCC2)C1. The van der Waals surface area contributed by atoms with Crippen LogP contribution >= 0.6 is 11.8 Å². The molecule has 1 unspecified atom stereocenters. The van der Waals surface area contributed by atoms with Gasteiger partial charge < -0.3 is 10.5 Å². The highest BCUT2D eigenvalue weighted by atomic mass is 32.2. The van der Waals surface area contributed by atoms with Gasteiger partial charge in [-0.3, -0.25) is 4.90 Å². The zero-order valence-electron chi connectivity index (χ0n) is 10.5. The van der Waals surface area contributed by atoms with Crippen LogP contribution in [-0.2, 0) is 4.74 Å². The van der Waals surface area contributed by atoms with Crippen molar-refractivity contribution in [1.29, 1.82) is 0 Å². The average molecular weight is 244 g/mol. The van der Waals surface area contributed by atoms with Crippen LogP contribution < -0.4 is 5.73 Å². The molecule has 1 atom stereocenters. The van der Waals surface area contributed by atoms with E-state index in [0.717, 1.165) is 32.8 Å². The lowest BCUT2D eigenvalue weighted by Crippen LogP contribution is -2.62. The number of hydrogen-bond acceptors (Lipinski definition) is 4. The van der Waals surface area contributed by atoms with Gasteiger partial charge in [0.05, 0.1) is 13.2 Å². The Morgan fingerprint density at radius 2 is 1.94 bits per heavy atom. The Labute approximate surface area is 103 Å². The summed E-state index contributed by atoms with van der Waals surface area (Å²) in [5.74, 6) is 2.45. The minimum atomic E-state index is 0.218. The summed E-state index contributed by atoms with van der Waals surface area (Å²) >= 11 is 2.06. The van der Waals surface area contributed by atoms with Gasteiger partial charge in [-0.15, -0.1) is 0 Å². The smallest absolute Gasteiger partial charge is 0.0594 e. The van der Waals surface area contributed by atoms with Gasteiger partial charge in [-0.2, -0.15) is 11.8 Å². The lowest BCUT2D eigenvalue weighted by molar-refractivity contribution is -0.0262. The third-order valence-corrected chi connectivity index (χ3v) is 5.46. The molecule has 0 aromatic carbocycles. The first kappa shape index (κ1) is 12.7. The largest absolute Gasteiger partial charge is 0.379 e. The van der Waals surface area contributed by atoms with Gasteiger partial charge in [0.25, 0.3) is 0 Å². The van der Waals surface area contributed by atoms with Gasteiger partial charge in [-0.1, -0.05) is 13.8 Å². The molecule has 2 N–H and O–H groups in total. The Morgan fingerprint density at radius 3 is 2.50 bits per heavy atom. The van der Waals surface area contributed by atoms with Gasteiger partial charge >= 0.3 is 0 Å². The van der Waals surface area contributed by atoms with E-state index in [1.54, 1.807) is 0 Å². The molecule has 0 amide bonds. The minimum absolute atomic E-state index is 0.218. The second kappa shape index (κ2) is 4.84. The van der Waals surface area contributed by atoms with Crippen LogP contribution in [0.2, 0.25) is 0 Å². The van der Waals surface area contributed by atoms with E-state index >= 15 is 0 Å². The third-order valence-electron chi connectivity index (χ3n) is 3.73. The Bertz CT molecular complexity index is 241. The van der Waals surface area contributed by atoms with Crippen molar-refractivity contribution in [1.82, 2.24) is 4.90 Å². The maximum atomic E-state index is 6.09. The molecule has 2 aliphatic heterocycles. The van der Waals surface area contributed by atoms with Crippen LogP contribution in [0.1, 0.15) is 20.3 Å². The summed E-state index contributed by atoms with van der Waals surface area (Å²) in [6.45, 7) is 9.35. The lowest BCUT2D eigenvalue weighted by Gasteiger charge is -2.51. The summed E-state index contributed by atoms with van der Waals surface area (Å²) in [7, 11) is 0. The Balaban J connectivity index is 2.10. The number of ether oxygens (including phenoxy) is 1. The van der Waals surface area contributed by atoms with Gasteiger partial charge in [0.15, 0.2) is 0 Å². The normalized spacial score (nSPS) is 36.2. The van der Waals surface area contributed by atoms with Crippen molar-refractivity contribution in [2.45, 2.75) is 25.8 Å². The van der Waals surface area contributed by atoms with Gasteiger partial charge in [-0.25, -0.2) is 0 Å². The van der Waals surface area contributed by atoms with E-state index in [1.807, 2.05) is 0 Å². The molecule has 0 aromatic heterocycles. The second-order valence-corrected chi connectivity index (χ2v) is 6.85. The number of rotatable bonds is 2.